The van der Waals surface area contributed by atoms with Crippen molar-refractivity contribution in [3.05, 3.63) is 101 Å². The zero-order valence-corrected chi connectivity index (χ0v) is 23.4. The molecule has 4 heteroatoms. The van der Waals surface area contributed by atoms with Crippen LogP contribution in [0.3, 0.4) is 0 Å². The second-order valence-corrected chi connectivity index (χ2v) is 11.6. The molecule has 4 nitrogen and oxygen atoms in total. The summed E-state index contributed by atoms with van der Waals surface area (Å²) >= 11 is 0. The van der Waals surface area contributed by atoms with Gasteiger partial charge in [0.2, 0.25) is 0 Å². The van der Waals surface area contributed by atoms with E-state index < -0.39 is 0 Å². The topological polar surface area (TPSA) is 63.2 Å². The van der Waals surface area contributed by atoms with Gasteiger partial charge >= 0.3 is 0 Å². The van der Waals surface area contributed by atoms with Crippen molar-refractivity contribution >= 4 is 24.3 Å². The van der Waals surface area contributed by atoms with E-state index in [1.165, 1.54) is 102 Å². The lowest BCUT2D eigenvalue weighted by molar-refractivity contribution is 0.553. The summed E-state index contributed by atoms with van der Waals surface area (Å²) in [4.78, 5) is 15.3. The van der Waals surface area contributed by atoms with Crippen LogP contribution in [0.15, 0.2) is 12.2 Å². The van der Waals surface area contributed by atoms with E-state index in [0.29, 0.717) is 11.8 Å². The molecule has 0 saturated heterocycles. The molecule has 2 unspecified atom stereocenters. The average Bonchev–Trinajstić information content (AvgIpc) is 3.62. The Balaban J connectivity index is 1.62. The summed E-state index contributed by atoms with van der Waals surface area (Å²) < 4.78 is 0. The smallest absolute Gasteiger partial charge is 0.0447 e. The summed E-state index contributed by atoms with van der Waals surface area (Å²) in [6.07, 6.45) is 18.7. The molecule has 0 fully saturated rings. The molecule has 0 saturated carbocycles. The van der Waals surface area contributed by atoms with E-state index in [0.717, 1.165) is 12.8 Å². The number of aromatic amines is 4. The van der Waals surface area contributed by atoms with Crippen LogP contribution >= 0.6 is 0 Å². The second kappa shape index (κ2) is 8.42. The molecule has 10 bridgehead atoms. The van der Waals surface area contributed by atoms with Gasteiger partial charge in [-0.05, 0) is 122 Å². The molecule has 4 aromatic heterocycles. The summed E-state index contributed by atoms with van der Waals surface area (Å²) in [6.45, 7) is 13.5. The fraction of sp³-hybridized carbons (Fsp3) is 0.353. The second-order valence-electron chi connectivity index (χ2n) is 11.6. The summed E-state index contributed by atoms with van der Waals surface area (Å²) in [7, 11) is 0. The molecule has 194 valence electrons. The van der Waals surface area contributed by atoms with E-state index in [1.807, 2.05) is 0 Å². The highest BCUT2D eigenvalue weighted by Gasteiger charge is 2.32. The van der Waals surface area contributed by atoms with Gasteiger partial charge < -0.3 is 19.9 Å². The molecule has 4 aliphatic rings. The molecule has 8 rings (SSSR count). The van der Waals surface area contributed by atoms with Crippen LogP contribution in [0.1, 0.15) is 106 Å². The Kier molecular flexibility index (Phi) is 5.20. The Morgan fingerprint density at radius 2 is 0.868 bits per heavy atom. The minimum absolute atomic E-state index is 0.496. The number of hydrogen-bond acceptors (Lipinski definition) is 0. The van der Waals surface area contributed by atoms with Gasteiger partial charge in [0, 0.05) is 56.0 Å². The normalized spacial score (nSPS) is 19.0. The van der Waals surface area contributed by atoms with Crippen molar-refractivity contribution < 1.29 is 0 Å². The Bertz CT molecular complexity index is 1760. The lowest BCUT2D eigenvalue weighted by Gasteiger charge is -2.31. The third-order valence-corrected chi connectivity index (χ3v) is 9.67. The summed E-state index contributed by atoms with van der Waals surface area (Å²) in [5.41, 5.74) is 15.9. The van der Waals surface area contributed by atoms with Crippen molar-refractivity contribution in [2.75, 3.05) is 0 Å². The van der Waals surface area contributed by atoms with Gasteiger partial charge in [-0.25, -0.2) is 0 Å². The van der Waals surface area contributed by atoms with Crippen LogP contribution in [-0.4, -0.2) is 19.9 Å². The van der Waals surface area contributed by atoms with Crippen LogP contribution in [0, 0.1) is 27.7 Å². The highest BCUT2D eigenvalue weighted by Crippen LogP contribution is 2.42. The first-order valence-corrected chi connectivity index (χ1v) is 14.3. The highest BCUT2D eigenvalue weighted by molar-refractivity contribution is 5.66. The van der Waals surface area contributed by atoms with Crippen LogP contribution in [0.4, 0.5) is 0 Å². The molecular formula is C34H38N4. The first kappa shape index (κ1) is 23.5. The quantitative estimate of drug-likeness (QED) is 0.257. The minimum atomic E-state index is 0.496. The largest absolute Gasteiger partial charge is 0.355 e. The number of aromatic nitrogens is 4. The number of allylic oxidation sites excluding steroid dienone is 2. The summed E-state index contributed by atoms with van der Waals surface area (Å²) in [5, 5.41) is 4.94. The third kappa shape index (κ3) is 3.28. The molecule has 2 atom stereocenters. The summed E-state index contributed by atoms with van der Waals surface area (Å²) in [5.74, 6) is 0.993. The lowest BCUT2D eigenvalue weighted by Crippen LogP contribution is -2.23. The molecule has 0 radical (unpaired) electrons. The Morgan fingerprint density at radius 1 is 0.526 bits per heavy atom. The maximum absolute atomic E-state index is 3.89. The van der Waals surface area contributed by atoms with Gasteiger partial charge in [-0.3, -0.25) is 0 Å². The van der Waals surface area contributed by atoms with Gasteiger partial charge in [0.15, 0.2) is 0 Å². The number of hydrogen-bond donors (Lipinski definition) is 4. The predicted octanol–water partition coefficient (Wildman–Crippen LogP) is 4.52. The molecular weight excluding hydrogens is 464 g/mol. The minimum Gasteiger partial charge on any atom is -0.355 e. The average molecular weight is 503 g/mol. The van der Waals surface area contributed by atoms with Gasteiger partial charge in [-0.2, -0.15) is 0 Å². The standard InChI is InChI=1S/C34H38N4/c1-7-23-24(8-2)30-14-26-18(4)20(6)28(36-26)16-32-34-22-11-9-21(10-12-22)33(34)31(38-32)15-27-19(5)17(3)25(35-27)13-29(23)37-30/h9,11,13-16,21-22,35-38H,7-8,10,12H2,1-6H3. The molecule has 4 N–H and O–H groups in total. The van der Waals surface area contributed by atoms with Crippen LogP contribution in [0.25, 0.3) is 24.3 Å². The van der Waals surface area contributed by atoms with Gasteiger partial charge in [-0.1, -0.05) is 26.0 Å². The number of rotatable bonds is 2. The zero-order chi connectivity index (χ0) is 26.3. The van der Waals surface area contributed by atoms with Crippen molar-refractivity contribution in [1.82, 2.24) is 19.9 Å². The van der Waals surface area contributed by atoms with Crippen LogP contribution in [-0.2, 0) is 12.8 Å². The molecule has 3 aliphatic carbocycles. The van der Waals surface area contributed by atoms with Gasteiger partial charge in [0.1, 0.15) is 0 Å². The number of nitrogens with one attached hydrogen (secondary N) is 4. The van der Waals surface area contributed by atoms with Crippen LogP contribution in [0.5, 0.6) is 0 Å². The van der Waals surface area contributed by atoms with Gasteiger partial charge in [-0.15, -0.1) is 0 Å². The molecule has 38 heavy (non-hydrogen) atoms. The zero-order valence-electron chi connectivity index (χ0n) is 23.4. The maximum Gasteiger partial charge on any atom is 0.0447 e. The maximum atomic E-state index is 3.89. The molecule has 5 heterocycles. The first-order valence-electron chi connectivity index (χ1n) is 14.3. The fourth-order valence-electron chi connectivity index (χ4n) is 7.20. The van der Waals surface area contributed by atoms with Crippen LogP contribution in [0.2, 0.25) is 0 Å². The Morgan fingerprint density at radius 3 is 1.21 bits per heavy atom. The van der Waals surface area contributed by atoms with Crippen molar-refractivity contribution in [2.45, 2.75) is 79.1 Å². The van der Waals surface area contributed by atoms with Gasteiger partial charge in [0.05, 0.1) is 0 Å². The number of fused-ring (bicyclic) bond motifs is 9. The molecule has 0 spiro atoms. The highest BCUT2D eigenvalue weighted by atomic mass is 14.8. The lowest BCUT2D eigenvalue weighted by atomic mass is 9.72. The van der Waals surface area contributed by atoms with E-state index in [4.69, 9.17) is 0 Å². The van der Waals surface area contributed by atoms with E-state index in [9.17, 15) is 0 Å². The fourth-order valence-corrected chi connectivity index (χ4v) is 7.20. The van der Waals surface area contributed by atoms with E-state index in [-0.39, 0.29) is 0 Å². The van der Waals surface area contributed by atoms with Crippen molar-refractivity contribution in [3.63, 3.8) is 0 Å². The van der Waals surface area contributed by atoms with Crippen molar-refractivity contribution in [1.29, 1.82) is 0 Å². The van der Waals surface area contributed by atoms with E-state index >= 15 is 0 Å². The molecule has 0 aromatic carbocycles. The molecule has 0 amide bonds. The Hall–Kier alpha value is -3.66. The summed E-state index contributed by atoms with van der Waals surface area (Å²) in [6, 6.07) is 0. The Labute approximate surface area is 224 Å². The van der Waals surface area contributed by atoms with E-state index in [1.54, 1.807) is 0 Å². The molecule has 4 aromatic rings. The SMILES string of the molecule is CCc1c(CC)c2[nH]c1=Cc1[nH]c(c(C)c1C)C=c1[nH]c(c3c1C1C=CC3CC1)=Cc1[nH]c(c(C)c1C)C=2. The first-order chi connectivity index (χ1) is 18.4. The van der Waals surface area contributed by atoms with Crippen molar-refractivity contribution in [2.24, 2.45) is 0 Å². The van der Waals surface area contributed by atoms with Crippen molar-refractivity contribution in [3.8, 4) is 0 Å². The molecule has 1 aliphatic heterocycles. The van der Waals surface area contributed by atoms with E-state index in [2.05, 4.69) is 97.9 Å². The third-order valence-electron chi connectivity index (χ3n) is 9.67. The predicted molar refractivity (Wildman–Crippen MR) is 157 cm³/mol. The van der Waals surface area contributed by atoms with Crippen LogP contribution < -0.4 is 21.4 Å². The monoisotopic (exact) mass is 502 g/mol. The number of H-pyrrole nitrogens is 4. The van der Waals surface area contributed by atoms with Gasteiger partial charge in [0.25, 0.3) is 0 Å².